The number of fused-ring (bicyclic) bond motifs is 2. The van der Waals surface area contributed by atoms with E-state index in [9.17, 15) is 4.79 Å². The molecule has 154 valence electrons. The number of benzene rings is 2. The SMILES string of the molecule is O=C(NCc1cccnc1)c1csc(N2Cc3ccccc3Oc3ccc(Cl)cc32)n1. The molecule has 31 heavy (non-hydrogen) atoms. The normalized spacial score (nSPS) is 12.4. The standard InChI is InChI=1S/C23H17ClN4O2S/c24-17-7-8-21-19(10-17)28(13-16-5-1-2-6-20(16)30-21)23-27-18(14-31-23)22(29)26-12-15-4-3-9-25-11-15/h1-11,14H,12-13H2,(H,26,29). The van der Waals surface area contributed by atoms with E-state index in [4.69, 9.17) is 16.3 Å². The Hall–Kier alpha value is -3.42. The lowest BCUT2D eigenvalue weighted by atomic mass is 10.2. The molecule has 0 bridgehead atoms. The Balaban J connectivity index is 1.44. The third-order valence-corrected chi connectivity index (χ3v) is 5.96. The Labute approximate surface area is 188 Å². The quantitative estimate of drug-likeness (QED) is 0.442. The summed E-state index contributed by atoms with van der Waals surface area (Å²) in [6.45, 7) is 0.941. The Bertz CT molecular complexity index is 1250. The third kappa shape index (κ3) is 4.10. The first-order valence-corrected chi connectivity index (χ1v) is 10.9. The van der Waals surface area contributed by atoms with Crippen molar-refractivity contribution in [1.82, 2.24) is 15.3 Å². The molecule has 8 heteroatoms. The van der Waals surface area contributed by atoms with E-state index >= 15 is 0 Å². The molecule has 2 aromatic heterocycles. The van der Waals surface area contributed by atoms with Crippen LogP contribution < -0.4 is 15.0 Å². The average Bonchev–Trinajstić information content (AvgIpc) is 3.23. The van der Waals surface area contributed by atoms with Crippen LogP contribution >= 0.6 is 22.9 Å². The number of rotatable bonds is 4. The first-order chi connectivity index (χ1) is 15.2. The molecule has 0 fully saturated rings. The van der Waals surface area contributed by atoms with Gasteiger partial charge in [-0.15, -0.1) is 11.3 Å². The van der Waals surface area contributed by atoms with Crippen LogP contribution in [-0.4, -0.2) is 15.9 Å². The van der Waals surface area contributed by atoms with Gasteiger partial charge in [-0.1, -0.05) is 35.9 Å². The first kappa shape index (κ1) is 19.5. The second-order valence-corrected chi connectivity index (χ2v) is 8.24. The predicted molar refractivity (Wildman–Crippen MR) is 121 cm³/mol. The maximum absolute atomic E-state index is 12.6. The summed E-state index contributed by atoms with van der Waals surface area (Å²) in [5.41, 5.74) is 3.12. The van der Waals surface area contributed by atoms with Crippen molar-refractivity contribution in [2.24, 2.45) is 0 Å². The van der Waals surface area contributed by atoms with Crippen molar-refractivity contribution >= 4 is 39.7 Å². The van der Waals surface area contributed by atoms with E-state index in [1.54, 1.807) is 23.8 Å². The summed E-state index contributed by atoms with van der Waals surface area (Å²) < 4.78 is 6.14. The molecule has 0 saturated heterocycles. The molecule has 0 spiro atoms. The van der Waals surface area contributed by atoms with E-state index < -0.39 is 0 Å². The zero-order chi connectivity index (χ0) is 21.2. The number of para-hydroxylation sites is 1. The molecule has 0 atom stereocenters. The van der Waals surface area contributed by atoms with Crippen molar-refractivity contribution in [3.8, 4) is 11.5 Å². The van der Waals surface area contributed by atoms with Gasteiger partial charge >= 0.3 is 0 Å². The van der Waals surface area contributed by atoms with Crippen LogP contribution in [0.4, 0.5) is 10.8 Å². The predicted octanol–water partition coefficient (Wildman–Crippen LogP) is 5.57. The summed E-state index contributed by atoms with van der Waals surface area (Å²) in [4.78, 5) is 23.3. The molecule has 0 unspecified atom stereocenters. The van der Waals surface area contributed by atoms with Crippen LogP contribution in [0.3, 0.4) is 0 Å². The van der Waals surface area contributed by atoms with Crippen LogP contribution in [0.5, 0.6) is 11.5 Å². The van der Waals surface area contributed by atoms with E-state index in [1.807, 2.05) is 53.4 Å². The van der Waals surface area contributed by atoms with Gasteiger partial charge in [0.2, 0.25) is 0 Å². The fraction of sp³-hybridized carbons (Fsp3) is 0.0870. The Kier molecular flexibility index (Phi) is 5.28. The van der Waals surface area contributed by atoms with Crippen molar-refractivity contribution in [2.75, 3.05) is 4.90 Å². The number of thiazole rings is 1. The van der Waals surface area contributed by atoms with Crippen molar-refractivity contribution < 1.29 is 9.53 Å². The molecule has 1 N–H and O–H groups in total. The minimum absolute atomic E-state index is 0.232. The number of carbonyl (C=O) groups is 1. The monoisotopic (exact) mass is 448 g/mol. The van der Waals surface area contributed by atoms with Crippen LogP contribution in [-0.2, 0) is 13.1 Å². The molecule has 1 amide bonds. The number of ether oxygens (including phenoxy) is 1. The lowest BCUT2D eigenvalue weighted by Gasteiger charge is -2.21. The van der Waals surface area contributed by atoms with Gasteiger partial charge in [-0.2, -0.15) is 0 Å². The van der Waals surface area contributed by atoms with E-state index in [2.05, 4.69) is 15.3 Å². The molecule has 6 nitrogen and oxygen atoms in total. The van der Waals surface area contributed by atoms with Crippen LogP contribution in [0.1, 0.15) is 21.6 Å². The molecule has 1 aliphatic heterocycles. The number of hydrogen-bond donors (Lipinski definition) is 1. The Morgan fingerprint density at radius 1 is 1.16 bits per heavy atom. The van der Waals surface area contributed by atoms with Gasteiger partial charge in [0.1, 0.15) is 11.4 Å². The number of halogens is 1. The number of hydrogen-bond acceptors (Lipinski definition) is 6. The number of anilines is 2. The number of amides is 1. The van der Waals surface area contributed by atoms with Gasteiger partial charge in [-0.3, -0.25) is 9.78 Å². The molecule has 0 radical (unpaired) electrons. The van der Waals surface area contributed by atoms with E-state index in [-0.39, 0.29) is 5.91 Å². The highest BCUT2D eigenvalue weighted by atomic mass is 35.5. The summed E-state index contributed by atoms with van der Waals surface area (Å²) >= 11 is 7.68. The highest BCUT2D eigenvalue weighted by Gasteiger charge is 2.25. The number of nitrogens with zero attached hydrogens (tertiary/aromatic N) is 3. The zero-order valence-electron chi connectivity index (χ0n) is 16.3. The third-order valence-electron chi connectivity index (χ3n) is 4.86. The molecule has 1 aliphatic rings. The maximum Gasteiger partial charge on any atom is 0.271 e. The summed E-state index contributed by atoms with van der Waals surface area (Å²) in [5.74, 6) is 1.25. The van der Waals surface area contributed by atoms with Gasteiger partial charge in [-0.05, 0) is 35.9 Å². The molecule has 5 rings (SSSR count). The minimum Gasteiger partial charge on any atom is -0.455 e. The smallest absolute Gasteiger partial charge is 0.271 e. The molecule has 4 aromatic rings. The number of aromatic nitrogens is 2. The van der Waals surface area contributed by atoms with Gasteiger partial charge in [-0.25, -0.2) is 4.98 Å². The van der Waals surface area contributed by atoms with Gasteiger partial charge in [0.15, 0.2) is 10.9 Å². The zero-order valence-corrected chi connectivity index (χ0v) is 17.9. The van der Waals surface area contributed by atoms with Crippen LogP contribution in [0.25, 0.3) is 0 Å². The summed E-state index contributed by atoms with van der Waals surface area (Å²) in [6.07, 6.45) is 3.42. The Morgan fingerprint density at radius 3 is 2.94 bits per heavy atom. The van der Waals surface area contributed by atoms with Crippen LogP contribution in [0, 0.1) is 0 Å². The summed E-state index contributed by atoms with van der Waals surface area (Å²) in [5, 5.41) is 5.94. The fourth-order valence-electron chi connectivity index (χ4n) is 3.33. The lowest BCUT2D eigenvalue weighted by Crippen LogP contribution is -2.23. The number of carbonyl (C=O) groups excluding carboxylic acids is 1. The van der Waals surface area contributed by atoms with Crippen molar-refractivity contribution in [3.63, 3.8) is 0 Å². The van der Waals surface area contributed by atoms with Crippen molar-refractivity contribution in [2.45, 2.75) is 13.1 Å². The molecule has 0 aliphatic carbocycles. The largest absolute Gasteiger partial charge is 0.455 e. The molecular formula is C23H17ClN4O2S. The van der Waals surface area contributed by atoms with Gasteiger partial charge in [0.25, 0.3) is 5.91 Å². The van der Waals surface area contributed by atoms with Gasteiger partial charge in [0.05, 0.1) is 12.2 Å². The highest BCUT2D eigenvalue weighted by Crippen LogP contribution is 2.44. The number of nitrogens with one attached hydrogen (secondary N) is 1. The van der Waals surface area contributed by atoms with Crippen molar-refractivity contribution in [1.29, 1.82) is 0 Å². The second kappa shape index (κ2) is 8.37. The molecule has 0 saturated carbocycles. The van der Waals surface area contributed by atoms with Gasteiger partial charge < -0.3 is 15.0 Å². The van der Waals surface area contributed by atoms with Crippen LogP contribution in [0.2, 0.25) is 5.02 Å². The average molecular weight is 449 g/mol. The van der Waals surface area contributed by atoms with Gasteiger partial charge in [0, 0.05) is 34.9 Å². The van der Waals surface area contributed by atoms with Crippen LogP contribution in [0.15, 0.2) is 72.4 Å². The van der Waals surface area contributed by atoms with E-state index in [0.29, 0.717) is 34.7 Å². The molecule has 2 aromatic carbocycles. The minimum atomic E-state index is -0.232. The maximum atomic E-state index is 12.6. The molecular weight excluding hydrogens is 432 g/mol. The lowest BCUT2D eigenvalue weighted by molar-refractivity contribution is 0.0946. The van der Waals surface area contributed by atoms with E-state index in [0.717, 1.165) is 22.6 Å². The summed E-state index contributed by atoms with van der Waals surface area (Å²) in [7, 11) is 0. The Morgan fingerprint density at radius 2 is 2.06 bits per heavy atom. The fourth-order valence-corrected chi connectivity index (χ4v) is 4.32. The van der Waals surface area contributed by atoms with E-state index in [1.165, 1.54) is 11.3 Å². The second-order valence-electron chi connectivity index (χ2n) is 6.97. The number of pyridine rings is 1. The highest BCUT2D eigenvalue weighted by molar-refractivity contribution is 7.14. The summed E-state index contributed by atoms with van der Waals surface area (Å²) in [6, 6.07) is 17.1. The topological polar surface area (TPSA) is 67.4 Å². The first-order valence-electron chi connectivity index (χ1n) is 9.63. The molecule has 3 heterocycles. The van der Waals surface area contributed by atoms with Crippen molar-refractivity contribution in [3.05, 3.63) is 94.2 Å².